The summed E-state index contributed by atoms with van der Waals surface area (Å²) in [6.45, 7) is 3.67. The lowest BCUT2D eigenvalue weighted by atomic mass is 10.1. The number of nitrogens with zero attached hydrogens (tertiary/aromatic N) is 3. The van der Waals surface area contributed by atoms with Gasteiger partial charge in [-0.05, 0) is 55.8 Å². The van der Waals surface area contributed by atoms with Crippen molar-refractivity contribution in [3.63, 3.8) is 0 Å². The fourth-order valence-electron chi connectivity index (χ4n) is 3.81. The Morgan fingerprint density at radius 1 is 1.09 bits per heavy atom. The fourth-order valence-corrected chi connectivity index (χ4v) is 3.81. The van der Waals surface area contributed by atoms with E-state index in [-0.39, 0.29) is 11.1 Å². The highest BCUT2D eigenvalue weighted by atomic mass is 19.1. The number of hydrogen-bond acceptors (Lipinski definition) is 4. The third-order valence-electron chi connectivity index (χ3n) is 5.76. The second-order valence-electron chi connectivity index (χ2n) is 7.87. The maximum absolute atomic E-state index is 14.3. The smallest absolute Gasteiger partial charge is 0.266 e. The van der Waals surface area contributed by atoms with Crippen molar-refractivity contribution in [1.82, 2.24) is 14.5 Å². The van der Waals surface area contributed by atoms with Crippen molar-refractivity contribution in [2.75, 3.05) is 14.2 Å². The van der Waals surface area contributed by atoms with E-state index >= 15 is 0 Å². The number of aromatic nitrogens is 2. The van der Waals surface area contributed by atoms with Gasteiger partial charge in [-0.3, -0.25) is 14.2 Å². The molecule has 0 aliphatic rings. The molecule has 0 saturated heterocycles. The lowest BCUT2D eigenvalue weighted by molar-refractivity contribution is 0.0730. The minimum Gasteiger partial charge on any atom is -0.495 e. The number of halogens is 1. The summed E-state index contributed by atoms with van der Waals surface area (Å²) < 4.78 is 21.3. The molecule has 168 valence electrons. The predicted octanol–water partition coefficient (Wildman–Crippen LogP) is 4.68. The monoisotopic (exact) mass is 445 g/mol. The Kier molecular flexibility index (Phi) is 5.96. The van der Waals surface area contributed by atoms with Gasteiger partial charge in [0.25, 0.3) is 11.5 Å². The average molecular weight is 445 g/mol. The maximum Gasteiger partial charge on any atom is 0.266 e. The third kappa shape index (κ3) is 3.98. The molecule has 0 aliphatic carbocycles. The Labute approximate surface area is 190 Å². The molecule has 3 aromatic carbocycles. The van der Waals surface area contributed by atoms with Gasteiger partial charge >= 0.3 is 0 Å². The summed E-state index contributed by atoms with van der Waals surface area (Å²) >= 11 is 0. The van der Waals surface area contributed by atoms with Crippen LogP contribution in [-0.4, -0.2) is 34.5 Å². The van der Waals surface area contributed by atoms with E-state index in [1.807, 2.05) is 19.1 Å². The highest BCUT2D eigenvalue weighted by molar-refractivity contribution is 5.94. The fraction of sp³-hybridized carbons (Fsp3) is 0.192. The molecule has 0 N–H and O–H groups in total. The minimum absolute atomic E-state index is 0.0466. The molecule has 1 atom stereocenters. The van der Waals surface area contributed by atoms with Crippen LogP contribution < -0.4 is 10.3 Å². The Morgan fingerprint density at radius 3 is 2.52 bits per heavy atom. The molecule has 0 fully saturated rings. The summed E-state index contributed by atoms with van der Waals surface area (Å²) in [7, 11) is 3.10. The lowest BCUT2D eigenvalue weighted by Crippen LogP contribution is -2.35. The van der Waals surface area contributed by atoms with Gasteiger partial charge in [0.2, 0.25) is 0 Å². The van der Waals surface area contributed by atoms with Crippen LogP contribution in [0.5, 0.6) is 5.75 Å². The van der Waals surface area contributed by atoms with Gasteiger partial charge in [0.1, 0.15) is 17.4 Å². The third-order valence-corrected chi connectivity index (χ3v) is 5.76. The quantitative estimate of drug-likeness (QED) is 0.448. The summed E-state index contributed by atoms with van der Waals surface area (Å²) in [5.41, 5.74) is 1.64. The molecular formula is C26H24FN3O3. The van der Waals surface area contributed by atoms with Crippen LogP contribution in [0.1, 0.15) is 34.7 Å². The first-order valence-corrected chi connectivity index (χ1v) is 10.5. The topological polar surface area (TPSA) is 64.4 Å². The van der Waals surface area contributed by atoms with Crippen molar-refractivity contribution >= 4 is 16.8 Å². The van der Waals surface area contributed by atoms with Crippen molar-refractivity contribution < 1.29 is 13.9 Å². The molecule has 4 aromatic rings. The van der Waals surface area contributed by atoms with E-state index in [4.69, 9.17) is 9.72 Å². The van der Waals surface area contributed by atoms with Gasteiger partial charge in [-0.15, -0.1) is 0 Å². The van der Waals surface area contributed by atoms with Gasteiger partial charge < -0.3 is 9.64 Å². The lowest BCUT2D eigenvalue weighted by Gasteiger charge is -2.27. The zero-order valence-electron chi connectivity index (χ0n) is 18.9. The number of methoxy groups -OCH3 is 1. The number of fused-ring (bicyclic) bond motifs is 1. The van der Waals surface area contributed by atoms with E-state index in [0.29, 0.717) is 28.2 Å². The highest BCUT2D eigenvalue weighted by Crippen LogP contribution is 2.28. The van der Waals surface area contributed by atoms with E-state index in [1.54, 1.807) is 50.4 Å². The number of rotatable bonds is 5. The Balaban J connectivity index is 1.94. The molecular weight excluding hydrogens is 421 g/mol. The zero-order chi connectivity index (χ0) is 23.7. The number of carbonyl (C=O) groups excluding carboxylic acids is 1. The number of amides is 1. The van der Waals surface area contributed by atoms with E-state index in [9.17, 15) is 14.0 Å². The second-order valence-corrected chi connectivity index (χ2v) is 7.87. The van der Waals surface area contributed by atoms with Gasteiger partial charge in [0.05, 0.1) is 35.3 Å². The molecule has 1 amide bonds. The molecule has 1 aromatic heterocycles. The van der Waals surface area contributed by atoms with Gasteiger partial charge in [-0.1, -0.05) is 30.3 Å². The first-order valence-electron chi connectivity index (χ1n) is 10.5. The number of benzene rings is 3. The van der Waals surface area contributed by atoms with Gasteiger partial charge in [0.15, 0.2) is 0 Å². The molecule has 1 heterocycles. The van der Waals surface area contributed by atoms with Crippen LogP contribution in [0, 0.1) is 12.7 Å². The molecule has 6 nitrogen and oxygen atoms in total. The SMILES string of the molecule is COc1ccc(C)cc1-n1c(C(C)N(C)C(=O)c2ccccc2F)nc2ccccc2c1=O. The molecule has 7 heteroatoms. The minimum atomic E-state index is -0.653. The van der Waals surface area contributed by atoms with Crippen LogP contribution in [0.15, 0.2) is 71.5 Å². The number of carbonyl (C=O) groups is 1. The first-order chi connectivity index (χ1) is 15.8. The maximum atomic E-state index is 14.3. The van der Waals surface area contributed by atoms with Crippen LogP contribution in [0.25, 0.3) is 16.6 Å². The summed E-state index contributed by atoms with van der Waals surface area (Å²) in [5, 5.41) is 0.445. The van der Waals surface area contributed by atoms with Crippen LogP contribution in [-0.2, 0) is 0 Å². The van der Waals surface area contributed by atoms with Gasteiger partial charge in [-0.25, -0.2) is 9.37 Å². The summed E-state index contributed by atoms with van der Waals surface area (Å²) in [4.78, 5) is 32.9. The first kappa shape index (κ1) is 22.2. The van der Waals surface area contributed by atoms with Crippen molar-refractivity contribution in [3.05, 3.63) is 99.9 Å². The van der Waals surface area contributed by atoms with Crippen molar-refractivity contribution in [3.8, 4) is 11.4 Å². The average Bonchev–Trinajstić information content (AvgIpc) is 2.83. The van der Waals surface area contributed by atoms with Crippen LogP contribution >= 0.6 is 0 Å². The molecule has 0 aliphatic heterocycles. The molecule has 0 radical (unpaired) electrons. The van der Waals surface area contributed by atoms with E-state index < -0.39 is 17.8 Å². The van der Waals surface area contributed by atoms with Crippen molar-refractivity contribution in [2.24, 2.45) is 0 Å². The summed E-state index contributed by atoms with van der Waals surface area (Å²) in [6.07, 6.45) is 0. The molecule has 4 rings (SSSR count). The number of ether oxygens (including phenoxy) is 1. The normalized spacial score (nSPS) is 11.9. The van der Waals surface area contributed by atoms with E-state index in [2.05, 4.69) is 0 Å². The van der Waals surface area contributed by atoms with Crippen molar-refractivity contribution in [2.45, 2.75) is 19.9 Å². The van der Waals surface area contributed by atoms with E-state index in [1.165, 1.54) is 34.8 Å². The molecule has 0 spiro atoms. The Bertz CT molecular complexity index is 1410. The molecule has 0 bridgehead atoms. The van der Waals surface area contributed by atoms with E-state index in [0.717, 1.165) is 5.56 Å². The van der Waals surface area contributed by atoms with Gasteiger partial charge in [-0.2, -0.15) is 0 Å². The van der Waals surface area contributed by atoms with Crippen LogP contribution in [0.3, 0.4) is 0 Å². The highest BCUT2D eigenvalue weighted by Gasteiger charge is 2.27. The summed E-state index contributed by atoms with van der Waals surface area (Å²) in [6, 6.07) is 17.7. The van der Waals surface area contributed by atoms with Crippen LogP contribution in [0.2, 0.25) is 0 Å². The Hall–Kier alpha value is -4.00. The molecule has 0 saturated carbocycles. The largest absolute Gasteiger partial charge is 0.495 e. The summed E-state index contributed by atoms with van der Waals surface area (Å²) in [5.74, 6) is -0.275. The zero-order valence-corrected chi connectivity index (χ0v) is 18.9. The Morgan fingerprint density at radius 2 is 1.79 bits per heavy atom. The second kappa shape index (κ2) is 8.86. The standard InChI is InChI=1S/C26H24FN3O3/c1-16-13-14-23(33-4)22(15-16)30-24(28-21-12-8-6-10-19(21)26(30)32)17(2)29(3)25(31)18-9-5-7-11-20(18)27/h5-15,17H,1-4H3. The number of para-hydroxylation sites is 1. The predicted molar refractivity (Wildman–Crippen MR) is 126 cm³/mol. The number of hydrogen-bond donors (Lipinski definition) is 0. The number of aryl methyl sites for hydroxylation is 1. The van der Waals surface area contributed by atoms with Crippen LogP contribution in [0.4, 0.5) is 4.39 Å². The van der Waals surface area contributed by atoms with Gasteiger partial charge in [0, 0.05) is 7.05 Å². The van der Waals surface area contributed by atoms with Crippen molar-refractivity contribution in [1.29, 1.82) is 0 Å². The molecule has 1 unspecified atom stereocenters. The molecule has 33 heavy (non-hydrogen) atoms.